The first-order valence-corrected chi connectivity index (χ1v) is 9.41. The number of unbranched alkanes of at least 4 members (excludes halogenated alkanes) is 5. The first-order valence-electron chi connectivity index (χ1n) is 8.00. The van der Waals surface area contributed by atoms with Crippen molar-refractivity contribution in [3.05, 3.63) is 42.0 Å². The van der Waals surface area contributed by atoms with E-state index in [0.717, 1.165) is 18.2 Å². The zero-order valence-corrected chi connectivity index (χ0v) is 18.0. The number of aryl methyl sites for hydroxylation is 1. The van der Waals surface area contributed by atoms with Crippen LogP contribution in [0, 0.1) is 0 Å². The van der Waals surface area contributed by atoms with Gasteiger partial charge < -0.3 is 4.55 Å². The van der Waals surface area contributed by atoms with Crippen molar-refractivity contribution in [2.75, 3.05) is 0 Å². The topological polar surface area (TPSA) is 57.2 Å². The summed E-state index contributed by atoms with van der Waals surface area (Å²) in [5.41, 5.74) is 0.657. The molecule has 0 fully saturated rings. The second kappa shape index (κ2) is 10.3. The second-order valence-electron chi connectivity index (χ2n) is 5.75. The van der Waals surface area contributed by atoms with Crippen molar-refractivity contribution in [2.24, 2.45) is 0 Å². The van der Waals surface area contributed by atoms with E-state index in [4.69, 9.17) is 0 Å². The van der Waals surface area contributed by atoms with E-state index in [2.05, 4.69) is 6.92 Å². The maximum atomic E-state index is 11.7. The first-order chi connectivity index (χ1) is 10.5. The average Bonchev–Trinajstić information content (AvgIpc) is 2.49. The summed E-state index contributed by atoms with van der Waals surface area (Å²) < 4.78 is 35.1. The van der Waals surface area contributed by atoms with Crippen molar-refractivity contribution in [1.29, 1.82) is 0 Å². The van der Waals surface area contributed by atoms with Crippen molar-refractivity contribution in [3.63, 3.8) is 0 Å². The molecule has 5 heteroatoms. The van der Waals surface area contributed by atoms with Crippen LogP contribution in [0.5, 0.6) is 0 Å². The molecule has 2 rings (SSSR count). The van der Waals surface area contributed by atoms with Crippen molar-refractivity contribution < 1.29 is 64.4 Å². The normalized spacial score (nSPS) is 11.4. The van der Waals surface area contributed by atoms with Crippen molar-refractivity contribution in [1.82, 2.24) is 0 Å². The third-order valence-electron chi connectivity index (χ3n) is 4.01. The van der Waals surface area contributed by atoms with Crippen LogP contribution >= 0.6 is 0 Å². The maximum Gasteiger partial charge on any atom is 1.00 e. The van der Waals surface area contributed by atoms with E-state index in [-0.39, 0.29) is 56.3 Å². The predicted octanol–water partition coefficient (Wildman–Crippen LogP) is 1.65. The zero-order chi connectivity index (χ0) is 16.0. The molecule has 0 atom stereocenters. The number of rotatable bonds is 8. The van der Waals surface area contributed by atoms with Gasteiger partial charge in [0.2, 0.25) is 0 Å². The molecule has 0 spiro atoms. The van der Waals surface area contributed by atoms with Gasteiger partial charge in [-0.3, -0.25) is 0 Å². The van der Waals surface area contributed by atoms with E-state index in [1.807, 2.05) is 18.2 Å². The molecule has 0 unspecified atom stereocenters. The Morgan fingerprint density at radius 3 is 2.26 bits per heavy atom. The number of hydrogen-bond donors (Lipinski definition) is 0. The molecule has 0 amide bonds. The minimum Gasteiger partial charge on any atom is -0.744 e. The van der Waals surface area contributed by atoms with Crippen LogP contribution in [-0.4, -0.2) is 13.0 Å². The summed E-state index contributed by atoms with van der Waals surface area (Å²) in [6.07, 6.45) is 7.49. The fourth-order valence-electron chi connectivity index (χ4n) is 2.88. The van der Waals surface area contributed by atoms with E-state index in [9.17, 15) is 13.0 Å². The van der Waals surface area contributed by atoms with Crippen LogP contribution in [0.1, 0.15) is 51.0 Å². The third kappa shape index (κ3) is 6.23. The Morgan fingerprint density at radius 1 is 0.913 bits per heavy atom. The summed E-state index contributed by atoms with van der Waals surface area (Å²) in [4.78, 5) is -0.0286. The molecule has 2 aromatic rings. The molecule has 0 saturated carbocycles. The Labute approximate surface area is 182 Å². The summed E-state index contributed by atoms with van der Waals surface area (Å²) >= 11 is 0. The minimum atomic E-state index is -4.46. The van der Waals surface area contributed by atoms with Crippen LogP contribution in [0.4, 0.5) is 0 Å². The van der Waals surface area contributed by atoms with E-state index < -0.39 is 10.1 Å². The average molecular weight is 359 g/mol. The molecule has 0 saturated heterocycles. The summed E-state index contributed by atoms with van der Waals surface area (Å²) in [6, 6.07) is 10.8. The van der Waals surface area contributed by atoms with Crippen LogP contribution in [-0.2, 0) is 16.5 Å². The first kappa shape index (κ1) is 21.3. The van der Waals surface area contributed by atoms with Gasteiger partial charge in [-0.05, 0) is 29.2 Å². The number of hydrogen-bond acceptors (Lipinski definition) is 3. The van der Waals surface area contributed by atoms with Crippen LogP contribution in [0.2, 0.25) is 0 Å². The van der Waals surface area contributed by atoms with Gasteiger partial charge in [-0.15, -0.1) is 0 Å². The van der Waals surface area contributed by atoms with Crippen molar-refractivity contribution >= 4 is 20.9 Å². The Kier molecular flexibility index (Phi) is 9.52. The molecule has 2 aromatic carbocycles. The molecular weight excluding hydrogens is 335 g/mol. The van der Waals surface area contributed by atoms with Gasteiger partial charge in [-0.1, -0.05) is 75.4 Å². The van der Waals surface area contributed by atoms with E-state index >= 15 is 0 Å². The molecule has 0 bridgehead atoms. The largest absolute Gasteiger partial charge is 1.00 e. The molecule has 23 heavy (non-hydrogen) atoms. The quantitative estimate of drug-likeness (QED) is 0.410. The fraction of sp³-hybridized carbons (Fsp3) is 0.444. The second-order valence-corrected chi connectivity index (χ2v) is 7.06. The van der Waals surface area contributed by atoms with Crippen LogP contribution in [0.15, 0.2) is 41.3 Å². The van der Waals surface area contributed by atoms with Crippen LogP contribution in [0.3, 0.4) is 0 Å². The van der Waals surface area contributed by atoms with Crippen LogP contribution < -0.4 is 51.4 Å². The molecule has 0 heterocycles. The smallest absolute Gasteiger partial charge is 0.744 e. The SMILES string of the molecule is CCCCCCCCc1ccc2ccccc2c1S(=O)(=O)[O-].[K+]. The molecule has 0 aromatic heterocycles. The number of benzene rings is 2. The molecule has 120 valence electrons. The summed E-state index contributed by atoms with van der Waals surface area (Å²) in [7, 11) is -4.46. The Balaban J connectivity index is 0.00000264. The maximum absolute atomic E-state index is 11.7. The predicted molar refractivity (Wildman–Crippen MR) is 89.0 cm³/mol. The summed E-state index contributed by atoms with van der Waals surface area (Å²) in [5.74, 6) is 0. The standard InChI is InChI=1S/C18H24O3S.K/c1-2-3-4-5-6-7-11-16-14-13-15-10-8-9-12-17(15)18(16)22(19,20)21;/h8-10,12-14H,2-7,11H2,1H3,(H,19,20,21);/q;+1/p-1. The molecular formula is C18H23KO3S. The molecule has 0 aliphatic heterocycles. The van der Waals surface area contributed by atoms with Gasteiger partial charge in [0.15, 0.2) is 0 Å². The molecule has 0 aliphatic rings. The Bertz CT molecular complexity index is 726. The zero-order valence-electron chi connectivity index (χ0n) is 14.0. The van der Waals surface area contributed by atoms with Crippen molar-refractivity contribution in [2.45, 2.75) is 56.8 Å². The van der Waals surface area contributed by atoms with Crippen LogP contribution in [0.25, 0.3) is 10.8 Å². The molecule has 3 nitrogen and oxygen atoms in total. The summed E-state index contributed by atoms with van der Waals surface area (Å²) in [5, 5.41) is 1.34. The number of fused-ring (bicyclic) bond motifs is 1. The Morgan fingerprint density at radius 2 is 1.57 bits per heavy atom. The minimum absolute atomic E-state index is 0. The fourth-order valence-corrected chi connectivity index (χ4v) is 3.82. The monoisotopic (exact) mass is 358 g/mol. The molecule has 0 aliphatic carbocycles. The van der Waals surface area contributed by atoms with E-state index in [0.29, 0.717) is 17.4 Å². The van der Waals surface area contributed by atoms with Gasteiger partial charge in [-0.25, -0.2) is 8.42 Å². The van der Waals surface area contributed by atoms with Gasteiger partial charge in [0.1, 0.15) is 10.1 Å². The summed E-state index contributed by atoms with van der Waals surface area (Å²) in [6.45, 7) is 2.18. The molecule has 0 radical (unpaired) electrons. The van der Waals surface area contributed by atoms with Gasteiger partial charge in [0, 0.05) is 0 Å². The Hall–Kier alpha value is 0.246. The third-order valence-corrected chi connectivity index (χ3v) is 4.99. The van der Waals surface area contributed by atoms with Gasteiger partial charge >= 0.3 is 51.4 Å². The van der Waals surface area contributed by atoms with E-state index in [1.54, 1.807) is 18.2 Å². The van der Waals surface area contributed by atoms with Crippen molar-refractivity contribution in [3.8, 4) is 0 Å². The van der Waals surface area contributed by atoms with E-state index in [1.165, 1.54) is 25.7 Å². The van der Waals surface area contributed by atoms with Gasteiger partial charge in [-0.2, -0.15) is 0 Å². The molecule has 0 N–H and O–H groups in total. The van der Waals surface area contributed by atoms with Gasteiger partial charge in [0.05, 0.1) is 4.90 Å². The van der Waals surface area contributed by atoms with Gasteiger partial charge in [0.25, 0.3) is 0 Å².